The van der Waals surface area contributed by atoms with Crippen molar-refractivity contribution in [1.82, 2.24) is 14.4 Å². The average Bonchev–Trinajstić information content (AvgIpc) is 3.05. The highest BCUT2D eigenvalue weighted by molar-refractivity contribution is 5.96. The Morgan fingerprint density at radius 1 is 1.00 bits per heavy atom. The molecule has 0 N–H and O–H groups in total. The van der Waals surface area contributed by atoms with Gasteiger partial charge >= 0.3 is 6.03 Å². The maximum Gasteiger partial charge on any atom is 0.329 e. The van der Waals surface area contributed by atoms with Crippen molar-refractivity contribution in [2.45, 2.75) is 70.6 Å². The van der Waals surface area contributed by atoms with E-state index in [2.05, 4.69) is 48.9 Å². The molecule has 2 bridgehead atoms. The minimum absolute atomic E-state index is 0.197. The smallest absolute Gasteiger partial charge is 0.315 e. The molecule has 3 aliphatic rings. The third-order valence-corrected chi connectivity index (χ3v) is 6.87. The van der Waals surface area contributed by atoms with Crippen LogP contribution < -0.4 is 0 Å². The minimum atomic E-state index is 0.197. The van der Waals surface area contributed by atoms with Gasteiger partial charge in [0.15, 0.2) is 0 Å². The fourth-order valence-electron chi connectivity index (χ4n) is 5.55. The van der Waals surface area contributed by atoms with E-state index in [-0.39, 0.29) is 6.03 Å². The number of fused-ring (bicyclic) bond motifs is 5. The van der Waals surface area contributed by atoms with Crippen LogP contribution in [0.3, 0.4) is 0 Å². The van der Waals surface area contributed by atoms with Crippen LogP contribution in [0.25, 0.3) is 10.9 Å². The zero-order chi connectivity index (χ0) is 17.3. The summed E-state index contributed by atoms with van der Waals surface area (Å²) in [6.45, 7) is 5.03. The van der Waals surface area contributed by atoms with Crippen LogP contribution in [0, 0.1) is 13.8 Å². The van der Waals surface area contributed by atoms with E-state index in [1.807, 2.05) is 4.57 Å². The lowest BCUT2D eigenvalue weighted by molar-refractivity contribution is 0.0214. The molecule has 4 heteroatoms. The molecule has 0 radical (unpaired) electrons. The molecule has 0 spiro atoms. The van der Waals surface area contributed by atoms with Crippen LogP contribution in [-0.2, 0) is 6.54 Å². The van der Waals surface area contributed by atoms with Crippen LogP contribution in [0.2, 0.25) is 0 Å². The Kier molecular flexibility index (Phi) is 3.30. The number of hydrogen-bond donors (Lipinski definition) is 0. The van der Waals surface area contributed by atoms with Gasteiger partial charge in [0.25, 0.3) is 0 Å². The van der Waals surface area contributed by atoms with E-state index in [1.165, 1.54) is 35.8 Å². The summed E-state index contributed by atoms with van der Waals surface area (Å²) < 4.78 is 1.98. The molecule has 4 heterocycles. The lowest BCUT2D eigenvalue weighted by Crippen LogP contribution is -2.55. The van der Waals surface area contributed by atoms with Crippen molar-refractivity contribution in [1.29, 1.82) is 0 Å². The summed E-state index contributed by atoms with van der Waals surface area (Å²) in [5, 5.41) is 1.23. The molecule has 2 unspecified atom stereocenters. The van der Waals surface area contributed by atoms with Crippen molar-refractivity contribution in [3.8, 4) is 0 Å². The highest BCUT2D eigenvalue weighted by atomic mass is 16.2. The van der Waals surface area contributed by atoms with Crippen molar-refractivity contribution in [3.05, 3.63) is 35.0 Å². The Labute approximate surface area is 149 Å². The van der Waals surface area contributed by atoms with Gasteiger partial charge in [-0.15, -0.1) is 0 Å². The fraction of sp³-hybridized carbons (Fsp3) is 0.571. The van der Waals surface area contributed by atoms with Gasteiger partial charge in [-0.2, -0.15) is 0 Å². The molecule has 2 saturated heterocycles. The van der Waals surface area contributed by atoms with E-state index >= 15 is 0 Å². The quantitative estimate of drug-likeness (QED) is 0.785. The van der Waals surface area contributed by atoms with E-state index in [0.29, 0.717) is 18.1 Å². The van der Waals surface area contributed by atoms with Gasteiger partial charge in [0.2, 0.25) is 0 Å². The first-order valence-electron chi connectivity index (χ1n) is 9.67. The summed E-state index contributed by atoms with van der Waals surface area (Å²) >= 11 is 0. The van der Waals surface area contributed by atoms with Crippen LogP contribution in [0.15, 0.2) is 18.2 Å². The molecule has 0 saturated carbocycles. The summed E-state index contributed by atoms with van der Waals surface area (Å²) in [7, 11) is 2.28. The standard InChI is InChI=1S/C21H27N3O/c1-13-7-14(2)19-11-18-12-23(21(25)24(18)20(19)8-13)17-9-15-5-4-6-16(10-17)22(15)3/h7-8,11,15-17H,4-6,9-10,12H2,1-3H3. The lowest BCUT2D eigenvalue weighted by atomic mass is 9.82. The van der Waals surface area contributed by atoms with Gasteiger partial charge in [-0.3, -0.25) is 4.57 Å². The highest BCUT2D eigenvalue weighted by Gasteiger charge is 2.42. The van der Waals surface area contributed by atoms with Crippen molar-refractivity contribution >= 4 is 16.9 Å². The van der Waals surface area contributed by atoms with Crippen molar-refractivity contribution in [2.75, 3.05) is 7.05 Å². The predicted octanol–water partition coefficient (Wildman–Crippen LogP) is 4.06. The summed E-state index contributed by atoms with van der Waals surface area (Å²) in [6.07, 6.45) is 6.21. The van der Waals surface area contributed by atoms with Crippen molar-refractivity contribution in [2.24, 2.45) is 0 Å². The Morgan fingerprint density at radius 3 is 2.44 bits per heavy atom. The zero-order valence-electron chi connectivity index (χ0n) is 15.5. The van der Waals surface area contributed by atoms with Crippen LogP contribution in [0.4, 0.5) is 4.79 Å². The molecule has 2 fully saturated rings. The molecular weight excluding hydrogens is 310 g/mol. The van der Waals surface area contributed by atoms with Gasteiger partial charge < -0.3 is 9.80 Å². The zero-order valence-corrected chi connectivity index (χ0v) is 15.5. The molecule has 25 heavy (non-hydrogen) atoms. The molecule has 4 nitrogen and oxygen atoms in total. The lowest BCUT2D eigenvalue weighted by Gasteiger charge is -2.48. The van der Waals surface area contributed by atoms with Crippen LogP contribution in [-0.4, -0.2) is 45.6 Å². The minimum Gasteiger partial charge on any atom is -0.315 e. The molecule has 2 aromatic rings. The first-order valence-corrected chi connectivity index (χ1v) is 9.67. The predicted molar refractivity (Wildman–Crippen MR) is 100.0 cm³/mol. The summed E-state index contributed by atoms with van der Waals surface area (Å²) in [5.74, 6) is 0. The van der Waals surface area contributed by atoms with E-state index in [1.54, 1.807) is 0 Å². The topological polar surface area (TPSA) is 28.5 Å². The summed E-state index contributed by atoms with van der Waals surface area (Å²) in [4.78, 5) is 18.0. The van der Waals surface area contributed by atoms with E-state index in [0.717, 1.165) is 30.6 Å². The Bertz CT molecular complexity index is 854. The Balaban J connectivity index is 1.48. The second kappa shape index (κ2) is 5.34. The normalized spacial score (nSPS) is 29.5. The van der Waals surface area contributed by atoms with Gasteiger partial charge in [-0.05, 0) is 69.8 Å². The monoisotopic (exact) mass is 337 g/mol. The Hall–Kier alpha value is -1.81. The number of nitrogens with zero attached hydrogens (tertiary/aromatic N) is 3. The summed E-state index contributed by atoms with van der Waals surface area (Å²) in [6, 6.07) is 8.52. The second-order valence-corrected chi connectivity index (χ2v) is 8.43. The molecular formula is C21H27N3O. The van der Waals surface area contributed by atoms with E-state index in [4.69, 9.17) is 0 Å². The largest absolute Gasteiger partial charge is 0.329 e. The van der Waals surface area contributed by atoms with Gasteiger partial charge in [0.1, 0.15) is 0 Å². The first kappa shape index (κ1) is 15.4. The number of benzene rings is 1. The summed E-state index contributed by atoms with van der Waals surface area (Å²) in [5.41, 5.74) is 4.75. The number of carbonyl (C=O) groups is 1. The molecule has 5 rings (SSSR count). The van der Waals surface area contributed by atoms with Crippen LogP contribution in [0.5, 0.6) is 0 Å². The SMILES string of the molecule is Cc1cc(C)c2cc3n(c2c1)C(=O)N(C1CC2CCCC(C1)N2C)C3. The van der Waals surface area contributed by atoms with Gasteiger partial charge in [0.05, 0.1) is 12.1 Å². The average molecular weight is 337 g/mol. The second-order valence-electron chi connectivity index (χ2n) is 8.43. The third kappa shape index (κ3) is 2.20. The van der Waals surface area contributed by atoms with Crippen molar-refractivity contribution < 1.29 is 4.79 Å². The maximum atomic E-state index is 13.3. The van der Waals surface area contributed by atoms with Gasteiger partial charge in [0, 0.05) is 29.2 Å². The number of aryl methyl sites for hydroxylation is 2. The van der Waals surface area contributed by atoms with E-state index < -0.39 is 0 Å². The van der Waals surface area contributed by atoms with Crippen LogP contribution >= 0.6 is 0 Å². The number of piperidine rings is 2. The number of aromatic nitrogens is 1. The number of hydrogen-bond acceptors (Lipinski definition) is 2. The molecule has 1 amide bonds. The number of carbonyl (C=O) groups excluding carboxylic acids is 1. The molecule has 1 aromatic heterocycles. The maximum absolute atomic E-state index is 13.3. The highest BCUT2D eigenvalue weighted by Crippen LogP contribution is 2.38. The first-order chi connectivity index (χ1) is 12.0. The Morgan fingerprint density at radius 2 is 1.72 bits per heavy atom. The third-order valence-electron chi connectivity index (χ3n) is 6.87. The fourth-order valence-corrected chi connectivity index (χ4v) is 5.55. The number of amides is 1. The van der Waals surface area contributed by atoms with E-state index in [9.17, 15) is 4.79 Å². The van der Waals surface area contributed by atoms with Crippen LogP contribution in [0.1, 0.15) is 48.9 Å². The van der Waals surface area contributed by atoms with Gasteiger partial charge in [-0.1, -0.05) is 12.5 Å². The number of rotatable bonds is 1. The molecule has 132 valence electrons. The molecule has 1 aromatic carbocycles. The molecule has 0 aliphatic carbocycles. The molecule has 2 atom stereocenters. The van der Waals surface area contributed by atoms with Crippen molar-refractivity contribution in [3.63, 3.8) is 0 Å². The van der Waals surface area contributed by atoms with Gasteiger partial charge in [-0.25, -0.2) is 4.79 Å². The molecule has 3 aliphatic heterocycles.